The smallest absolute Gasteiger partial charge is 0.222 e. The van der Waals surface area contributed by atoms with Gasteiger partial charge in [-0.25, -0.2) is 0 Å². The molecule has 0 bridgehead atoms. The van der Waals surface area contributed by atoms with E-state index in [-0.39, 0.29) is 12.3 Å². The van der Waals surface area contributed by atoms with Crippen LogP contribution in [0.15, 0.2) is 18.2 Å². The Bertz CT molecular complexity index is 739. The fourth-order valence-electron chi connectivity index (χ4n) is 2.05. The van der Waals surface area contributed by atoms with E-state index in [9.17, 15) is 9.90 Å². The molecule has 0 unspecified atom stereocenters. The lowest BCUT2D eigenvalue weighted by molar-refractivity contribution is -0.123. The van der Waals surface area contributed by atoms with Crippen LogP contribution in [-0.4, -0.2) is 32.3 Å². The van der Waals surface area contributed by atoms with E-state index in [2.05, 4.69) is 15.5 Å². The number of benzene rings is 1. The molecule has 6 nitrogen and oxygen atoms in total. The highest BCUT2D eigenvalue weighted by atomic mass is 35.5. The van der Waals surface area contributed by atoms with Gasteiger partial charge in [0.25, 0.3) is 0 Å². The summed E-state index contributed by atoms with van der Waals surface area (Å²) in [4.78, 5) is 11.9. The van der Waals surface area contributed by atoms with Crippen molar-refractivity contribution >= 4 is 41.3 Å². The molecule has 1 atom stereocenters. The maximum atomic E-state index is 11.9. The molecule has 124 valence electrons. The van der Waals surface area contributed by atoms with Crippen molar-refractivity contribution in [3.8, 4) is 0 Å². The zero-order chi connectivity index (χ0) is 17.0. The highest BCUT2D eigenvalue weighted by molar-refractivity contribution is 7.71. The lowest BCUT2D eigenvalue weighted by atomic mass is 10.1. The van der Waals surface area contributed by atoms with E-state index in [1.807, 2.05) is 0 Å². The van der Waals surface area contributed by atoms with Crippen LogP contribution in [0.2, 0.25) is 10.0 Å². The van der Waals surface area contributed by atoms with Gasteiger partial charge in [-0.3, -0.25) is 9.89 Å². The van der Waals surface area contributed by atoms with E-state index < -0.39 is 6.10 Å². The van der Waals surface area contributed by atoms with Crippen LogP contribution < -0.4 is 5.32 Å². The molecule has 3 N–H and O–H groups in total. The standard InChI is InChI=1S/C14H16Cl2N4O2S/c1-20-12(18-19-14(20)23)2-3-17-13(22)7-11(21)8-4-9(15)6-10(16)5-8/h4-6,11,21H,2-3,7H2,1H3,(H,17,22)(H,19,23)/t11-/m0/s1. The minimum Gasteiger partial charge on any atom is -0.388 e. The van der Waals surface area contributed by atoms with Gasteiger partial charge in [-0.05, 0) is 36.0 Å². The first-order chi connectivity index (χ1) is 10.9. The van der Waals surface area contributed by atoms with E-state index in [0.717, 1.165) is 5.82 Å². The molecule has 1 heterocycles. The minimum absolute atomic E-state index is 0.0738. The van der Waals surface area contributed by atoms with Gasteiger partial charge < -0.3 is 15.0 Å². The molecular formula is C14H16Cl2N4O2S. The molecule has 0 aliphatic heterocycles. The molecule has 0 aliphatic rings. The first-order valence-electron chi connectivity index (χ1n) is 6.88. The van der Waals surface area contributed by atoms with E-state index in [4.69, 9.17) is 35.4 Å². The van der Waals surface area contributed by atoms with Crippen LogP contribution in [0.4, 0.5) is 0 Å². The van der Waals surface area contributed by atoms with Crippen LogP contribution in [0.1, 0.15) is 23.9 Å². The monoisotopic (exact) mass is 374 g/mol. The minimum atomic E-state index is -0.966. The summed E-state index contributed by atoms with van der Waals surface area (Å²) in [5.41, 5.74) is 0.507. The number of aliphatic hydroxyl groups is 1. The van der Waals surface area contributed by atoms with Crippen molar-refractivity contribution in [1.29, 1.82) is 0 Å². The summed E-state index contributed by atoms with van der Waals surface area (Å²) in [6.45, 7) is 0.398. The van der Waals surface area contributed by atoms with Gasteiger partial charge in [0, 0.05) is 30.1 Å². The molecule has 0 aliphatic carbocycles. The number of nitrogens with one attached hydrogen (secondary N) is 2. The Balaban J connectivity index is 1.84. The summed E-state index contributed by atoms with van der Waals surface area (Å²) in [7, 11) is 1.80. The van der Waals surface area contributed by atoms with E-state index in [1.54, 1.807) is 29.8 Å². The first-order valence-corrected chi connectivity index (χ1v) is 8.04. The van der Waals surface area contributed by atoms with Crippen molar-refractivity contribution in [1.82, 2.24) is 20.1 Å². The van der Waals surface area contributed by atoms with Crippen molar-refractivity contribution in [2.75, 3.05) is 6.54 Å². The van der Waals surface area contributed by atoms with Gasteiger partial charge in [-0.1, -0.05) is 23.2 Å². The Labute approximate surface area is 148 Å². The number of amides is 1. The lowest BCUT2D eigenvalue weighted by Gasteiger charge is -2.12. The topological polar surface area (TPSA) is 82.9 Å². The van der Waals surface area contributed by atoms with Crippen LogP contribution in [0.5, 0.6) is 0 Å². The average molecular weight is 375 g/mol. The average Bonchev–Trinajstić information content (AvgIpc) is 2.78. The van der Waals surface area contributed by atoms with Crippen LogP contribution >= 0.6 is 35.4 Å². The van der Waals surface area contributed by atoms with Gasteiger partial charge in [0.05, 0.1) is 12.5 Å². The third kappa shape index (κ3) is 5.04. The third-order valence-corrected chi connectivity index (χ3v) is 4.09. The maximum absolute atomic E-state index is 11.9. The van der Waals surface area contributed by atoms with E-state index >= 15 is 0 Å². The molecule has 2 rings (SSSR count). The quantitative estimate of drug-likeness (QED) is 0.678. The predicted octanol–water partition coefficient (Wildman–Crippen LogP) is 2.57. The molecule has 23 heavy (non-hydrogen) atoms. The fourth-order valence-corrected chi connectivity index (χ4v) is 2.74. The Morgan fingerprint density at radius 3 is 2.65 bits per heavy atom. The molecule has 2 aromatic rings. The fraction of sp³-hybridized carbons (Fsp3) is 0.357. The second-order valence-electron chi connectivity index (χ2n) is 5.03. The molecule has 0 saturated heterocycles. The summed E-state index contributed by atoms with van der Waals surface area (Å²) >= 11 is 16.8. The number of carbonyl (C=O) groups is 1. The number of nitrogens with zero attached hydrogens (tertiary/aromatic N) is 2. The number of aromatic nitrogens is 3. The summed E-state index contributed by atoms with van der Waals surface area (Å²) in [6, 6.07) is 4.73. The second kappa shape index (κ2) is 7.92. The van der Waals surface area contributed by atoms with E-state index in [0.29, 0.717) is 33.3 Å². The van der Waals surface area contributed by atoms with E-state index in [1.165, 1.54) is 0 Å². The number of hydrogen-bond donors (Lipinski definition) is 3. The number of rotatable bonds is 6. The summed E-state index contributed by atoms with van der Waals surface area (Å²) in [5, 5.41) is 20.4. The first kappa shape index (κ1) is 17.9. The lowest BCUT2D eigenvalue weighted by Crippen LogP contribution is -2.27. The van der Waals surface area contributed by atoms with Crippen LogP contribution in [0, 0.1) is 4.77 Å². The number of H-pyrrole nitrogens is 1. The second-order valence-corrected chi connectivity index (χ2v) is 6.29. The Morgan fingerprint density at radius 1 is 1.43 bits per heavy atom. The van der Waals surface area contributed by atoms with Gasteiger partial charge in [-0.15, -0.1) is 0 Å². The van der Waals surface area contributed by atoms with Gasteiger partial charge >= 0.3 is 0 Å². The third-order valence-electron chi connectivity index (χ3n) is 3.29. The Morgan fingerprint density at radius 2 is 2.09 bits per heavy atom. The molecule has 1 aromatic carbocycles. The number of aromatic amines is 1. The molecule has 1 aromatic heterocycles. The highest BCUT2D eigenvalue weighted by Gasteiger charge is 2.14. The Kier molecular flexibility index (Phi) is 6.17. The molecule has 0 fully saturated rings. The predicted molar refractivity (Wildman–Crippen MR) is 91.1 cm³/mol. The van der Waals surface area contributed by atoms with Crippen molar-refractivity contribution in [3.05, 3.63) is 44.4 Å². The zero-order valence-corrected chi connectivity index (χ0v) is 14.7. The number of halogens is 2. The van der Waals surface area contributed by atoms with Crippen molar-refractivity contribution < 1.29 is 9.90 Å². The molecule has 9 heteroatoms. The zero-order valence-electron chi connectivity index (χ0n) is 12.3. The highest BCUT2D eigenvalue weighted by Crippen LogP contribution is 2.25. The van der Waals surface area contributed by atoms with Gasteiger partial charge in [0.15, 0.2) is 4.77 Å². The maximum Gasteiger partial charge on any atom is 0.222 e. The summed E-state index contributed by atoms with van der Waals surface area (Å²) in [5.74, 6) is 0.475. The number of carbonyl (C=O) groups excluding carboxylic acids is 1. The number of hydrogen-bond acceptors (Lipinski definition) is 4. The Hall–Kier alpha value is -1.41. The molecule has 0 radical (unpaired) electrons. The van der Waals surface area contributed by atoms with Crippen LogP contribution in [0.3, 0.4) is 0 Å². The van der Waals surface area contributed by atoms with Gasteiger partial charge in [-0.2, -0.15) is 5.10 Å². The summed E-state index contributed by atoms with van der Waals surface area (Å²) < 4.78 is 2.27. The van der Waals surface area contributed by atoms with Gasteiger partial charge in [0.1, 0.15) is 5.82 Å². The molecule has 1 amide bonds. The largest absolute Gasteiger partial charge is 0.388 e. The van der Waals surface area contributed by atoms with Crippen molar-refractivity contribution in [3.63, 3.8) is 0 Å². The normalized spacial score (nSPS) is 12.2. The molecule has 0 spiro atoms. The number of aliphatic hydroxyl groups excluding tert-OH is 1. The van der Waals surface area contributed by atoms with Crippen LogP contribution in [0.25, 0.3) is 0 Å². The van der Waals surface area contributed by atoms with Crippen molar-refractivity contribution in [2.45, 2.75) is 18.9 Å². The van der Waals surface area contributed by atoms with Crippen molar-refractivity contribution in [2.24, 2.45) is 7.05 Å². The molecular weight excluding hydrogens is 359 g/mol. The van der Waals surface area contributed by atoms with Crippen LogP contribution in [-0.2, 0) is 18.3 Å². The molecule has 0 saturated carbocycles. The summed E-state index contributed by atoms with van der Waals surface area (Å²) in [6.07, 6.45) is -0.503. The SMILES string of the molecule is Cn1c(CCNC(=O)C[C@H](O)c2cc(Cl)cc(Cl)c2)n[nH]c1=S. The van der Waals surface area contributed by atoms with Gasteiger partial charge in [0.2, 0.25) is 5.91 Å².